The van der Waals surface area contributed by atoms with E-state index in [-0.39, 0.29) is 18.7 Å². The lowest BCUT2D eigenvalue weighted by Gasteiger charge is -2.33. The number of carbonyl (C=O) groups is 3. The highest BCUT2D eigenvalue weighted by Crippen LogP contribution is 2.32. The van der Waals surface area contributed by atoms with Crippen LogP contribution in [-0.2, 0) is 16.1 Å². The van der Waals surface area contributed by atoms with Gasteiger partial charge in [0.2, 0.25) is 11.8 Å². The molecule has 0 aliphatic rings. The number of rotatable bonds is 9. The summed E-state index contributed by atoms with van der Waals surface area (Å²) in [5.41, 5.74) is 2.14. The van der Waals surface area contributed by atoms with Gasteiger partial charge in [0.1, 0.15) is 17.6 Å². The molecule has 0 aliphatic heterocycles. The third-order valence-electron chi connectivity index (χ3n) is 5.75. The number of nitrogens with one attached hydrogen (secondary N) is 2. The minimum absolute atomic E-state index is 0.0253. The zero-order valence-electron chi connectivity index (χ0n) is 20.4. The molecule has 0 bridgehead atoms. The van der Waals surface area contributed by atoms with Crippen LogP contribution in [0.1, 0.15) is 38.2 Å². The van der Waals surface area contributed by atoms with Gasteiger partial charge in [-0.25, -0.2) is 4.39 Å². The first-order valence-electron chi connectivity index (χ1n) is 11.6. The lowest BCUT2D eigenvalue weighted by molar-refractivity contribution is -0.126. The number of hydrogen-bond donors (Lipinski definition) is 2. The largest absolute Gasteiger partial charge is 0.467 e. The molecule has 0 radical (unpaired) electrons. The maximum Gasteiger partial charge on any atom is 0.261 e. The van der Waals surface area contributed by atoms with E-state index in [1.807, 2.05) is 26.0 Å². The summed E-state index contributed by atoms with van der Waals surface area (Å²) in [4.78, 5) is 41.5. The lowest BCUT2D eigenvalue weighted by Crippen LogP contribution is -2.48. The summed E-state index contributed by atoms with van der Waals surface area (Å²) in [6.45, 7) is 3.39. The minimum Gasteiger partial charge on any atom is -0.467 e. The van der Waals surface area contributed by atoms with E-state index in [4.69, 9.17) is 4.42 Å². The van der Waals surface area contributed by atoms with Crippen molar-refractivity contribution in [3.05, 3.63) is 112 Å². The number of benzene rings is 2. The van der Waals surface area contributed by atoms with Crippen molar-refractivity contribution in [1.29, 1.82) is 0 Å². The fourth-order valence-corrected chi connectivity index (χ4v) is 4.65. The first-order valence-corrected chi connectivity index (χ1v) is 12.5. The summed E-state index contributed by atoms with van der Waals surface area (Å²) >= 11 is 1.25. The maximum absolute atomic E-state index is 15.1. The van der Waals surface area contributed by atoms with Crippen LogP contribution in [-0.4, -0.2) is 24.3 Å². The van der Waals surface area contributed by atoms with Crippen LogP contribution in [0.25, 0.3) is 0 Å². The fraction of sp³-hybridized carbons (Fsp3) is 0.179. The van der Waals surface area contributed by atoms with Crippen LogP contribution in [0.2, 0.25) is 0 Å². The zero-order valence-corrected chi connectivity index (χ0v) is 21.2. The Kier molecular flexibility index (Phi) is 8.15. The highest BCUT2D eigenvalue weighted by Gasteiger charge is 2.35. The van der Waals surface area contributed by atoms with E-state index in [2.05, 4.69) is 10.6 Å². The second kappa shape index (κ2) is 11.7. The van der Waals surface area contributed by atoms with E-state index in [0.717, 1.165) is 11.1 Å². The third-order valence-corrected chi connectivity index (χ3v) is 6.62. The topological polar surface area (TPSA) is 91.7 Å². The van der Waals surface area contributed by atoms with Crippen LogP contribution in [0.3, 0.4) is 0 Å². The fourth-order valence-electron chi connectivity index (χ4n) is 4.01. The molecule has 7 nitrogen and oxygen atoms in total. The molecule has 4 aromatic rings. The molecule has 190 valence electrons. The molecule has 2 N–H and O–H groups in total. The summed E-state index contributed by atoms with van der Waals surface area (Å²) in [7, 11) is 0. The van der Waals surface area contributed by atoms with Gasteiger partial charge in [0.05, 0.1) is 24.2 Å². The highest BCUT2D eigenvalue weighted by atomic mass is 32.1. The third kappa shape index (κ3) is 6.13. The minimum atomic E-state index is -1.34. The Labute approximate surface area is 217 Å². The molecule has 1 atom stereocenters. The van der Waals surface area contributed by atoms with Gasteiger partial charge >= 0.3 is 0 Å². The van der Waals surface area contributed by atoms with Gasteiger partial charge in [-0.3, -0.25) is 19.3 Å². The molecule has 2 heterocycles. The maximum atomic E-state index is 15.1. The van der Waals surface area contributed by atoms with Crippen LogP contribution >= 0.6 is 11.3 Å². The molecule has 0 saturated carbocycles. The Morgan fingerprint density at radius 1 is 1.00 bits per heavy atom. The van der Waals surface area contributed by atoms with Gasteiger partial charge < -0.3 is 15.1 Å². The molecule has 9 heteroatoms. The van der Waals surface area contributed by atoms with E-state index in [0.29, 0.717) is 16.3 Å². The van der Waals surface area contributed by atoms with E-state index in [9.17, 15) is 14.4 Å². The van der Waals surface area contributed by atoms with Crippen LogP contribution in [0, 0.1) is 19.7 Å². The quantitative estimate of drug-likeness (QED) is 0.329. The van der Waals surface area contributed by atoms with E-state index < -0.39 is 29.6 Å². The monoisotopic (exact) mass is 519 g/mol. The molecule has 37 heavy (non-hydrogen) atoms. The van der Waals surface area contributed by atoms with Crippen molar-refractivity contribution in [2.24, 2.45) is 0 Å². The second-order valence-corrected chi connectivity index (χ2v) is 9.38. The van der Waals surface area contributed by atoms with Gasteiger partial charge in [0.15, 0.2) is 0 Å². The number of thiophene rings is 1. The Balaban J connectivity index is 1.72. The van der Waals surface area contributed by atoms with Crippen LogP contribution in [0.4, 0.5) is 10.1 Å². The van der Waals surface area contributed by atoms with Gasteiger partial charge in [0.25, 0.3) is 5.91 Å². The van der Waals surface area contributed by atoms with Crippen LogP contribution in [0.5, 0.6) is 0 Å². The lowest BCUT2D eigenvalue weighted by atomic mass is 10.0. The molecule has 0 spiro atoms. The average Bonchev–Trinajstić information content (AvgIpc) is 3.60. The SMILES string of the molecule is Cc1ccc(N(C(=O)CNC(=O)c2cccs2)[C@@H](C(=O)NCc2ccco2)c2ccccc2F)c(C)c1. The number of aryl methyl sites for hydroxylation is 2. The van der Waals surface area contributed by atoms with Gasteiger partial charge in [-0.05, 0) is 55.1 Å². The number of halogens is 1. The smallest absolute Gasteiger partial charge is 0.261 e. The summed E-state index contributed by atoms with van der Waals surface area (Å²) in [6.07, 6.45) is 1.48. The first-order chi connectivity index (χ1) is 17.8. The molecule has 0 saturated heterocycles. The van der Waals surface area contributed by atoms with Crippen molar-refractivity contribution in [1.82, 2.24) is 10.6 Å². The zero-order chi connectivity index (χ0) is 26.4. The number of amides is 3. The Morgan fingerprint density at radius 3 is 2.49 bits per heavy atom. The molecule has 0 unspecified atom stereocenters. The molecular weight excluding hydrogens is 493 g/mol. The Morgan fingerprint density at radius 2 is 1.81 bits per heavy atom. The molecule has 0 aliphatic carbocycles. The van der Waals surface area contributed by atoms with Crippen LogP contribution < -0.4 is 15.5 Å². The molecule has 0 fully saturated rings. The highest BCUT2D eigenvalue weighted by molar-refractivity contribution is 7.12. The summed E-state index contributed by atoms with van der Waals surface area (Å²) in [6, 6.07) is 16.7. The molecule has 2 aromatic heterocycles. The van der Waals surface area contributed by atoms with Crippen molar-refractivity contribution in [3.63, 3.8) is 0 Å². The molecule has 2 aromatic carbocycles. The first kappa shape index (κ1) is 25.8. The second-order valence-electron chi connectivity index (χ2n) is 8.43. The summed E-state index contributed by atoms with van der Waals surface area (Å²) in [5, 5.41) is 7.14. The predicted molar refractivity (Wildman–Crippen MR) is 140 cm³/mol. The van der Waals surface area contributed by atoms with Gasteiger partial charge in [-0.15, -0.1) is 11.3 Å². The number of carbonyl (C=O) groups excluding carboxylic acids is 3. The van der Waals surface area contributed by atoms with Crippen molar-refractivity contribution in [2.45, 2.75) is 26.4 Å². The van der Waals surface area contributed by atoms with Gasteiger partial charge in [-0.2, -0.15) is 0 Å². The van der Waals surface area contributed by atoms with Crippen molar-refractivity contribution >= 4 is 34.7 Å². The summed E-state index contributed by atoms with van der Waals surface area (Å²) in [5.74, 6) is -1.70. The van der Waals surface area contributed by atoms with Crippen molar-refractivity contribution in [2.75, 3.05) is 11.4 Å². The number of furan rings is 1. The number of nitrogens with zero attached hydrogens (tertiary/aromatic N) is 1. The summed E-state index contributed by atoms with van der Waals surface area (Å²) < 4.78 is 20.4. The van der Waals surface area contributed by atoms with Gasteiger partial charge in [-0.1, -0.05) is 42.0 Å². The van der Waals surface area contributed by atoms with Gasteiger partial charge in [0, 0.05) is 11.3 Å². The average molecular weight is 520 g/mol. The van der Waals surface area contributed by atoms with Crippen molar-refractivity contribution in [3.8, 4) is 0 Å². The number of anilines is 1. The Bertz CT molecular complexity index is 1390. The predicted octanol–water partition coefficient (Wildman–Crippen LogP) is 4.92. The van der Waals surface area contributed by atoms with E-state index in [1.54, 1.807) is 41.8 Å². The molecule has 3 amide bonds. The van der Waals surface area contributed by atoms with E-state index in [1.165, 1.54) is 40.7 Å². The Hall–Kier alpha value is -4.24. The molecular formula is C28H26FN3O4S. The molecule has 4 rings (SSSR count). The normalized spacial score (nSPS) is 11.5. The van der Waals surface area contributed by atoms with Crippen LogP contribution in [0.15, 0.2) is 82.8 Å². The van der Waals surface area contributed by atoms with Crippen molar-refractivity contribution < 1.29 is 23.2 Å². The number of hydrogen-bond acceptors (Lipinski definition) is 5. The standard InChI is InChI=1S/C28H26FN3O4S/c1-18-11-12-23(19(2)15-18)32(25(33)17-31-27(34)24-10-6-14-37-24)26(21-8-3-4-9-22(21)29)28(35)30-16-20-7-5-13-36-20/h3-15,26H,16-17H2,1-2H3,(H,30,35)(H,31,34)/t26-/m1/s1. The van der Waals surface area contributed by atoms with E-state index >= 15 is 4.39 Å².